The molecule has 5 unspecified atom stereocenters. The number of benzene rings is 2. The van der Waals surface area contributed by atoms with Crippen molar-refractivity contribution in [2.24, 2.45) is 0 Å². The van der Waals surface area contributed by atoms with Gasteiger partial charge < -0.3 is 23.7 Å². The average molecular weight is 326 g/mol. The van der Waals surface area contributed by atoms with Crippen LogP contribution >= 0.6 is 0 Å². The molecule has 2 aromatic rings. The number of ether oxygens (including phenoxy) is 4. The molecule has 124 valence electrons. The number of rotatable bonds is 3. The van der Waals surface area contributed by atoms with Gasteiger partial charge in [0.15, 0.2) is 18.9 Å². The highest BCUT2D eigenvalue weighted by Gasteiger charge is 2.45. The molecule has 2 aliphatic heterocycles. The van der Waals surface area contributed by atoms with Gasteiger partial charge in [0, 0.05) is 11.1 Å². The van der Waals surface area contributed by atoms with Gasteiger partial charge in [-0.15, -0.1) is 0 Å². The molecule has 0 aliphatic carbocycles. The summed E-state index contributed by atoms with van der Waals surface area (Å²) < 4.78 is 23.5. The Kier molecular flexibility index (Phi) is 4.40. The van der Waals surface area contributed by atoms with E-state index in [2.05, 4.69) is 0 Å². The SMILES string of the molecule is O=CC1OC(c2ccccc2)OC2COC(c3ccccc3)OC12. The second kappa shape index (κ2) is 6.83. The lowest BCUT2D eigenvalue weighted by molar-refractivity contribution is -0.355. The average Bonchev–Trinajstić information content (AvgIpc) is 2.68. The van der Waals surface area contributed by atoms with Crippen LogP contribution in [0.5, 0.6) is 0 Å². The first-order chi connectivity index (χ1) is 11.8. The van der Waals surface area contributed by atoms with Gasteiger partial charge in [0.1, 0.15) is 18.3 Å². The highest BCUT2D eigenvalue weighted by molar-refractivity contribution is 5.57. The van der Waals surface area contributed by atoms with Gasteiger partial charge in [0.25, 0.3) is 0 Å². The molecule has 0 bridgehead atoms. The van der Waals surface area contributed by atoms with Crippen molar-refractivity contribution in [3.8, 4) is 0 Å². The molecular weight excluding hydrogens is 308 g/mol. The van der Waals surface area contributed by atoms with Crippen molar-refractivity contribution in [3.05, 3.63) is 71.8 Å². The minimum atomic E-state index is -0.691. The van der Waals surface area contributed by atoms with E-state index in [0.717, 1.165) is 17.4 Å². The predicted octanol–water partition coefficient (Wildman–Crippen LogP) is 2.78. The van der Waals surface area contributed by atoms with Crippen molar-refractivity contribution < 1.29 is 23.7 Å². The van der Waals surface area contributed by atoms with Crippen LogP contribution in [0.1, 0.15) is 23.7 Å². The summed E-state index contributed by atoms with van der Waals surface area (Å²) >= 11 is 0. The van der Waals surface area contributed by atoms with Crippen LogP contribution in [0.2, 0.25) is 0 Å². The zero-order chi connectivity index (χ0) is 16.4. The van der Waals surface area contributed by atoms with Gasteiger partial charge in [0.05, 0.1) is 6.61 Å². The first kappa shape index (κ1) is 15.5. The molecule has 2 heterocycles. The molecule has 5 nitrogen and oxygen atoms in total. The fourth-order valence-corrected chi connectivity index (χ4v) is 3.03. The van der Waals surface area contributed by atoms with Crippen molar-refractivity contribution in [2.75, 3.05) is 6.61 Å². The molecule has 4 rings (SSSR count). The molecule has 24 heavy (non-hydrogen) atoms. The number of carbonyl (C=O) groups excluding carboxylic acids is 1. The van der Waals surface area contributed by atoms with Crippen LogP contribution in [0.3, 0.4) is 0 Å². The molecule has 2 aromatic carbocycles. The third-order valence-electron chi connectivity index (χ3n) is 4.24. The zero-order valence-electron chi connectivity index (χ0n) is 13.0. The molecule has 2 fully saturated rings. The van der Waals surface area contributed by atoms with E-state index in [1.165, 1.54) is 0 Å². The first-order valence-electron chi connectivity index (χ1n) is 7.98. The van der Waals surface area contributed by atoms with Gasteiger partial charge in [-0.25, -0.2) is 0 Å². The maximum absolute atomic E-state index is 11.5. The van der Waals surface area contributed by atoms with Crippen LogP contribution in [0.15, 0.2) is 60.7 Å². The highest BCUT2D eigenvalue weighted by Crippen LogP contribution is 2.37. The number of carbonyl (C=O) groups is 1. The van der Waals surface area contributed by atoms with Crippen molar-refractivity contribution in [3.63, 3.8) is 0 Å². The Hall–Kier alpha value is -2.05. The summed E-state index contributed by atoms with van der Waals surface area (Å²) in [6.45, 7) is 0.348. The quantitative estimate of drug-likeness (QED) is 0.812. The maximum Gasteiger partial charge on any atom is 0.185 e. The van der Waals surface area contributed by atoms with Gasteiger partial charge in [-0.2, -0.15) is 0 Å². The van der Waals surface area contributed by atoms with Gasteiger partial charge in [-0.3, -0.25) is 0 Å². The lowest BCUT2D eigenvalue weighted by Crippen LogP contribution is -2.54. The van der Waals surface area contributed by atoms with Gasteiger partial charge >= 0.3 is 0 Å². The summed E-state index contributed by atoms with van der Waals surface area (Å²) in [6, 6.07) is 19.2. The maximum atomic E-state index is 11.5. The Morgan fingerprint density at radius 2 is 1.42 bits per heavy atom. The molecule has 0 aromatic heterocycles. The molecular formula is C19H18O5. The molecule has 2 aliphatic rings. The van der Waals surface area contributed by atoms with Crippen LogP contribution in [-0.4, -0.2) is 31.2 Å². The Morgan fingerprint density at radius 1 is 0.792 bits per heavy atom. The predicted molar refractivity (Wildman–Crippen MR) is 85.0 cm³/mol. The Balaban J connectivity index is 1.52. The minimum Gasteiger partial charge on any atom is -0.346 e. The summed E-state index contributed by atoms with van der Waals surface area (Å²) in [5.74, 6) is 0. The van der Waals surface area contributed by atoms with Crippen LogP contribution in [0, 0.1) is 0 Å². The summed E-state index contributed by atoms with van der Waals surface area (Å²) in [5.41, 5.74) is 1.78. The summed E-state index contributed by atoms with van der Waals surface area (Å²) in [5, 5.41) is 0. The van der Waals surface area contributed by atoms with E-state index in [9.17, 15) is 4.79 Å². The van der Waals surface area contributed by atoms with Crippen molar-refractivity contribution in [2.45, 2.75) is 30.9 Å². The third-order valence-corrected chi connectivity index (χ3v) is 4.24. The number of hydrogen-bond acceptors (Lipinski definition) is 5. The fraction of sp³-hybridized carbons (Fsp3) is 0.316. The zero-order valence-corrected chi connectivity index (χ0v) is 13.0. The molecule has 5 heteroatoms. The Labute approximate surface area is 140 Å². The number of aldehydes is 1. The molecule has 2 saturated heterocycles. The van der Waals surface area contributed by atoms with E-state index in [1.807, 2.05) is 60.7 Å². The molecule has 0 amide bonds. The fourth-order valence-electron chi connectivity index (χ4n) is 3.03. The van der Waals surface area contributed by atoms with Crippen LogP contribution in [-0.2, 0) is 23.7 Å². The molecule has 0 N–H and O–H groups in total. The lowest BCUT2D eigenvalue weighted by atomic mass is 10.0. The normalized spacial score (nSPS) is 32.8. The second-order valence-corrected chi connectivity index (χ2v) is 5.83. The third kappa shape index (κ3) is 2.99. The van der Waals surface area contributed by atoms with Gasteiger partial charge in [0.2, 0.25) is 0 Å². The van der Waals surface area contributed by atoms with Crippen LogP contribution < -0.4 is 0 Å². The van der Waals surface area contributed by atoms with Gasteiger partial charge in [-0.05, 0) is 0 Å². The standard InChI is InChI=1S/C19H18O5/c20-11-15-17-16(23-19(22-15)14-9-5-2-6-10-14)12-21-18(24-17)13-7-3-1-4-8-13/h1-11,15-19H,12H2. The van der Waals surface area contributed by atoms with Gasteiger partial charge in [-0.1, -0.05) is 60.7 Å². The summed E-state index contributed by atoms with van der Waals surface area (Å²) in [6.07, 6.45) is -1.85. The van der Waals surface area contributed by atoms with Crippen molar-refractivity contribution in [1.29, 1.82) is 0 Å². The lowest BCUT2D eigenvalue weighted by Gasteiger charge is -2.44. The second-order valence-electron chi connectivity index (χ2n) is 5.83. The smallest absolute Gasteiger partial charge is 0.185 e. The molecule has 0 saturated carbocycles. The molecule has 0 radical (unpaired) electrons. The van der Waals surface area contributed by atoms with E-state index in [1.54, 1.807) is 0 Å². The Morgan fingerprint density at radius 3 is 2.04 bits per heavy atom. The molecule has 5 atom stereocenters. The van der Waals surface area contributed by atoms with Crippen molar-refractivity contribution in [1.82, 2.24) is 0 Å². The van der Waals surface area contributed by atoms with E-state index in [-0.39, 0.29) is 6.10 Å². The Bertz CT molecular complexity index is 675. The van der Waals surface area contributed by atoms with Crippen molar-refractivity contribution >= 4 is 6.29 Å². The largest absolute Gasteiger partial charge is 0.346 e. The van der Waals surface area contributed by atoms with E-state index >= 15 is 0 Å². The van der Waals surface area contributed by atoms with E-state index in [4.69, 9.17) is 18.9 Å². The minimum absolute atomic E-state index is 0.348. The van der Waals surface area contributed by atoms with Crippen LogP contribution in [0.4, 0.5) is 0 Å². The summed E-state index contributed by atoms with van der Waals surface area (Å²) in [4.78, 5) is 11.5. The first-order valence-corrected chi connectivity index (χ1v) is 7.98. The van der Waals surface area contributed by atoms with E-state index in [0.29, 0.717) is 6.61 Å². The number of fused-ring (bicyclic) bond motifs is 1. The van der Waals surface area contributed by atoms with Crippen LogP contribution in [0.25, 0.3) is 0 Å². The summed E-state index contributed by atoms with van der Waals surface area (Å²) in [7, 11) is 0. The number of hydrogen-bond donors (Lipinski definition) is 0. The van der Waals surface area contributed by atoms with E-state index < -0.39 is 24.8 Å². The topological polar surface area (TPSA) is 54.0 Å². The molecule has 0 spiro atoms. The highest BCUT2D eigenvalue weighted by atomic mass is 16.8. The monoisotopic (exact) mass is 326 g/mol.